The van der Waals surface area contributed by atoms with E-state index in [-0.39, 0.29) is 11.8 Å². The van der Waals surface area contributed by atoms with Gasteiger partial charge in [0.2, 0.25) is 11.8 Å². The Balaban J connectivity index is 1.12. The largest absolute Gasteiger partial charge is 0.361 e. The second-order valence-electron chi connectivity index (χ2n) is 8.10. The Bertz CT molecular complexity index is 1270. The smallest absolute Gasteiger partial charge is 0.233 e. The molecule has 5 nitrogen and oxygen atoms in total. The van der Waals surface area contributed by atoms with Crippen molar-refractivity contribution < 1.29 is 9.59 Å². The quantitative estimate of drug-likeness (QED) is 0.467. The minimum atomic E-state index is 0.118. The number of H-pyrrole nitrogens is 1. The summed E-state index contributed by atoms with van der Waals surface area (Å²) in [4.78, 5) is 33.6. The lowest BCUT2D eigenvalue weighted by Crippen LogP contribution is -2.51. The van der Waals surface area contributed by atoms with Crippen LogP contribution in [0.25, 0.3) is 21.7 Å². The van der Waals surface area contributed by atoms with Gasteiger partial charge in [-0.3, -0.25) is 9.59 Å². The maximum atomic E-state index is 12.8. The first-order chi connectivity index (χ1) is 15.7. The summed E-state index contributed by atoms with van der Waals surface area (Å²) in [6.45, 7) is 2.37. The van der Waals surface area contributed by atoms with Crippen molar-refractivity contribution in [2.24, 2.45) is 0 Å². The number of nitrogens with zero attached hydrogens (tertiary/aromatic N) is 2. The zero-order chi connectivity index (χ0) is 21.9. The normalized spacial score (nSPS) is 14.2. The number of carbonyl (C=O) groups is 2. The Kier molecular flexibility index (Phi) is 5.86. The molecule has 0 radical (unpaired) electrons. The van der Waals surface area contributed by atoms with E-state index in [0.29, 0.717) is 38.4 Å². The van der Waals surface area contributed by atoms with Gasteiger partial charge in [0.05, 0.1) is 12.2 Å². The molecular formula is C26H25N3O2S. The Hall–Kier alpha value is -3.25. The molecule has 162 valence electrons. The molecule has 32 heavy (non-hydrogen) atoms. The van der Waals surface area contributed by atoms with Crippen molar-refractivity contribution >= 4 is 45.3 Å². The summed E-state index contributed by atoms with van der Waals surface area (Å²) >= 11 is 1.57. The Morgan fingerprint density at radius 3 is 2.31 bits per heavy atom. The van der Waals surface area contributed by atoms with E-state index < -0.39 is 0 Å². The fourth-order valence-electron chi connectivity index (χ4n) is 4.25. The number of piperazine rings is 1. The summed E-state index contributed by atoms with van der Waals surface area (Å²) in [5.74, 6) is 0.668. The molecule has 0 unspecified atom stereocenters. The van der Waals surface area contributed by atoms with Crippen molar-refractivity contribution in [3.05, 3.63) is 78.5 Å². The molecule has 0 aliphatic carbocycles. The molecule has 1 aliphatic rings. The van der Waals surface area contributed by atoms with E-state index in [9.17, 15) is 9.59 Å². The highest BCUT2D eigenvalue weighted by atomic mass is 32.2. The van der Waals surface area contributed by atoms with Gasteiger partial charge in [0.1, 0.15) is 0 Å². The molecular weight excluding hydrogens is 418 g/mol. The second-order valence-corrected chi connectivity index (χ2v) is 9.14. The van der Waals surface area contributed by atoms with Crippen LogP contribution >= 0.6 is 11.8 Å². The number of benzene rings is 3. The number of para-hydroxylation sites is 1. The monoisotopic (exact) mass is 443 g/mol. The van der Waals surface area contributed by atoms with Crippen LogP contribution in [0.5, 0.6) is 0 Å². The second kappa shape index (κ2) is 9.09. The number of hydrogen-bond donors (Lipinski definition) is 1. The van der Waals surface area contributed by atoms with Crippen molar-refractivity contribution in [1.29, 1.82) is 0 Å². The SMILES string of the molecule is O=C(CSc1ccc2ccccc2c1)N1CCN(C(=O)Cc2c[nH]c3ccccc23)CC1. The molecule has 0 atom stereocenters. The minimum Gasteiger partial charge on any atom is -0.361 e. The maximum Gasteiger partial charge on any atom is 0.233 e. The number of nitrogens with one attached hydrogen (secondary N) is 1. The molecule has 1 aromatic heterocycles. The average molecular weight is 444 g/mol. The van der Waals surface area contributed by atoms with Crippen molar-refractivity contribution in [3.63, 3.8) is 0 Å². The number of aromatic amines is 1. The first-order valence-corrected chi connectivity index (χ1v) is 11.9. The number of amides is 2. The summed E-state index contributed by atoms with van der Waals surface area (Å²) in [6, 6.07) is 22.6. The molecule has 1 fully saturated rings. The molecule has 2 amide bonds. The number of hydrogen-bond acceptors (Lipinski definition) is 3. The first-order valence-electron chi connectivity index (χ1n) is 10.9. The van der Waals surface area contributed by atoms with Crippen molar-refractivity contribution in [2.75, 3.05) is 31.9 Å². The number of rotatable bonds is 5. The molecule has 2 heterocycles. The predicted octanol–water partition coefficient (Wildman–Crippen LogP) is 4.33. The third-order valence-corrected chi connectivity index (χ3v) is 7.06. The van der Waals surface area contributed by atoms with Crippen LogP contribution in [-0.4, -0.2) is 58.5 Å². The van der Waals surface area contributed by atoms with E-state index in [0.717, 1.165) is 21.4 Å². The fourth-order valence-corrected chi connectivity index (χ4v) is 5.10. The lowest BCUT2D eigenvalue weighted by Gasteiger charge is -2.34. The lowest BCUT2D eigenvalue weighted by molar-refractivity contribution is -0.137. The van der Waals surface area contributed by atoms with Crippen LogP contribution in [0.1, 0.15) is 5.56 Å². The lowest BCUT2D eigenvalue weighted by atomic mass is 10.1. The summed E-state index contributed by atoms with van der Waals surface area (Å²) < 4.78 is 0. The Labute approximate surface area is 191 Å². The third kappa shape index (κ3) is 4.36. The van der Waals surface area contributed by atoms with Gasteiger partial charge in [0.15, 0.2) is 0 Å². The molecule has 1 saturated heterocycles. The van der Waals surface area contributed by atoms with Crippen LogP contribution in [0.15, 0.2) is 77.8 Å². The molecule has 0 spiro atoms. The molecule has 1 aliphatic heterocycles. The summed E-state index contributed by atoms with van der Waals surface area (Å²) in [6.07, 6.45) is 2.31. The van der Waals surface area contributed by atoms with E-state index >= 15 is 0 Å². The van der Waals surface area contributed by atoms with Gasteiger partial charge in [-0.2, -0.15) is 0 Å². The molecule has 4 aromatic rings. The van der Waals surface area contributed by atoms with E-state index in [2.05, 4.69) is 35.3 Å². The highest BCUT2D eigenvalue weighted by Crippen LogP contribution is 2.24. The van der Waals surface area contributed by atoms with Gasteiger partial charge < -0.3 is 14.8 Å². The van der Waals surface area contributed by atoms with Gasteiger partial charge in [0, 0.05) is 48.2 Å². The standard InChI is InChI=1S/C26H25N3O2S/c30-25(16-21-17-27-24-8-4-3-7-23(21)24)28-11-13-29(14-12-28)26(31)18-32-22-10-9-19-5-1-2-6-20(19)15-22/h1-10,15,17,27H,11-14,16,18H2. The molecule has 6 heteroatoms. The molecule has 0 saturated carbocycles. The van der Waals surface area contributed by atoms with Crippen LogP contribution < -0.4 is 0 Å². The van der Waals surface area contributed by atoms with Gasteiger partial charge in [-0.1, -0.05) is 48.5 Å². The maximum absolute atomic E-state index is 12.8. The summed E-state index contributed by atoms with van der Waals surface area (Å²) in [5.41, 5.74) is 2.07. The van der Waals surface area contributed by atoms with Gasteiger partial charge in [-0.05, 0) is 34.5 Å². The Morgan fingerprint density at radius 1 is 0.812 bits per heavy atom. The first kappa shape index (κ1) is 20.6. The van der Waals surface area contributed by atoms with Crippen molar-refractivity contribution in [2.45, 2.75) is 11.3 Å². The molecule has 0 bridgehead atoms. The van der Waals surface area contributed by atoms with Crippen molar-refractivity contribution in [1.82, 2.24) is 14.8 Å². The van der Waals surface area contributed by atoms with Gasteiger partial charge in [-0.25, -0.2) is 0 Å². The molecule has 3 aromatic carbocycles. The Morgan fingerprint density at radius 2 is 1.50 bits per heavy atom. The predicted molar refractivity (Wildman–Crippen MR) is 130 cm³/mol. The van der Waals surface area contributed by atoms with Gasteiger partial charge in [-0.15, -0.1) is 11.8 Å². The van der Waals surface area contributed by atoms with Gasteiger partial charge >= 0.3 is 0 Å². The van der Waals surface area contributed by atoms with Gasteiger partial charge in [0.25, 0.3) is 0 Å². The summed E-state index contributed by atoms with van der Waals surface area (Å²) in [5, 5.41) is 3.49. The van der Waals surface area contributed by atoms with E-state index in [1.807, 2.05) is 52.4 Å². The number of thioether (sulfide) groups is 1. The molecule has 5 rings (SSSR count). The number of carbonyl (C=O) groups excluding carboxylic acids is 2. The number of fused-ring (bicyclic) bond motifs is 2. The summed E-state index contributed by atoms with van der Waals surface area (Å²) in [7, 11) is 0. The highest BCUT2D eigenvalue weighted by Gasteiger charge is 2.24. The molecule has 1 N–H and O–H groups in total. The van der Waals surface area contributed by atoms with E-state index in [1.165, 1.54) is 10.8 Å². The zero-order valence-corrected chi connectivity index (χ0v) is 18.6. The van der Waals surface area contributed by atoms with Crippen molar-refractivity contribution in [3.8, 4) is 0 Å². The van der Waals surface area contributed by atoms with Crippen LogP contribution in [0.2, 0.25) is 0 Å². The van der Waals surface area contributed by atoms with Crippen LogP contribution in [0.4, 0.5) is 0 Å². The van der Waals surface area contributed by atoms with Crippen LogP contribution in [-0.2, 0) is 16.0 Å². The number of aromatic nitrogens is 1. The fraction of sp³-hybridized carbons (Fsp3) is 0.231. The van der Waals surface area contributed by atoms with Crippen LogP contribution in [0, 0.1) is 0 Å². The third-order valence-electron chi connectivity index (χ3n) is 6.08. The topological polar surface area (TPSA) is 56.4 Å². The minimum absolute atomic E-state index is 0.118. The zero-order valence-electron chi connectivity index (χ0n) is 17.8. The highest BCUT2D eigenvalue weighted by molar-refractivity contribution is 8.00. The average Bonchev–Trinajstić information content (AvgIpc) is 3.25. The van der Waals surface area contributed by atoms with Crippen LogP contribution in [0.3, 0.4) is 0 Å². The van der Waals surface area contributed by atoms with E-state index in [4.69, 9.17) is 0 Å². The van der Waals surface area contributed by atoms with E-state index in [1.54, 1.807) is 11.8 Å².